The van der Waals surface area contributed by atoms with E-state index < -0.39 is 0 Å². The number of aromatic nitrogens is 2. The Bertz CT molecular complexity index is 525. The molecule has 0 unspecified atom stereocenters. The summed E-state index contributed by atoms with van der Waals surface area (Å²) in [5.41, 5.74) is 2.15. The maximum absolute atomic E-state index is 10.4. The van der Waals surface area contributed by atoms with Crippen LogP contribution in [0.15, 0.2) is 0 Å². The van der Waals surface area contributed by atoms with E-state index in [2.05, 4.69) is 27.0 Å². The lowest BCUT2D eigenvalue weighted by Crippen LogP contribution is -2.47. The van der Waals surface area contributed by atoms with Crippen molar-refractivity contribution in [1.82, 2.24) is 15.1 Å². The Labute approximate surface area is 130 Å². The molecule has 2 heterocycles. The van der Waals surface area contributed by atoms with Crippen LogP contribution >= 0.6 is 11.6 Å². The molecule has 2 aliphatic rings. The van der Waals surface area contributed by atoms with Crippen molar-refractivity contribution in [2.75, 3.05) is 25.0 Å². The van der Waals surface area contributed by atoms with Gasteiger partial charge in [-0.1, -0.05) is 24.4 Å². The Kier molecular flexibility index (Phi) is 4.33. The van der Waals surface area contributed by atoms with Crippen LogP contribution in [0.2, 0.25) is 5.15 Å². The maximum atomic E-state index is 10.4. The molecule has 1 aromatic rings. The van der Waals surface area contributed by atoms with Crippen LogP contribution < -0.4 is 4.90 Å². The van der Waals surface area contributed by atoms with Crippen molar-refractivity contribution in [3.05, 3.63) is 16.3 Å². The maximum Gasteiger partial charge on any atom is 0.156 e. The Morgan fingerprint density at radius 3 is 2.71 bits per heavy atom. The second kappa shape index (κ2) is 6.07. The summed E-state index contributed by atoms with van der Waals surface area (Å²) in [5, 5.41) is 19.4. The second-order valence-electron chi connectivity index (χ2n) is 6.27. The van der Waals surface area contributed by atoms with E-state index in [9.17, 15) is 5.11 Å². The minimum Gasteiger partial charge on any atom is -0.391 e. The molecule has 1 saturated carbocycles. The summed E-state index contributed by atoms with van der Waals surface area (Å²) in [6.45, 7) is 4.66. The van der Waals surface area contributed by atoms with E-state index in [4.69, 9.17) is 11.6 Å². The van der Waals surface area contributed by atoms with E-state index in [1.54, 1.807) is 0 Å². The summed E-state index contributed by atoms with van der Waals surface area (Å²) in [6.07, 6.45) is 3.92. The summed E-state index contributed by atoms with van der Waals surface area (Å²) in [5.74, 6) is 0.909. The van der Waals surface area contributed by atoms with Gasteiger partial charge in [0.1, 0.15) is 0 Å². The van der Waals surface area contributed by atoms with Gasteiger partial charge in [0.25, 0.3) is 0 Å². The third-order valence-electron chi connectivity index (χ3n) is 4.78. The first-order chi connectivity index (χ1) is 10.1. The van der Waals surface area contributed by atoms with Gasteiger partial charge in [-0.15, -0.1) is 10.2 Å². The smallest absolute Gasteiger partial charge is 0.156 e. The molecule has 1 aromatic heterocycles. The van der Waals surface area contributed by atoms with Gasteiger partial charge in [0.15, 0.2) is 11.0 Å². The van der Waals surface area contributed by atoms with E-state index in [1.165, 1.54) is 6.42 Å². The fraction of sp³-hybridized carbons (Fsp3) is 0.733. The van der Waals surface area contributed by atoms with Crippen molar-refractivity contribution in [1.29, 1.82) is 0 Å². The van der Waals surface area contributed by atoms with Gasteiger partial charge in [0.2, 0.25) is 0 Å². The first-order valence-electron chi connectivity index (χ1n) is 7.73. The zero-order valence-corrected chi connectivity index (χ0v) is 13.5. The molecule has 2 atom stereocenters. The number of fused-ring (bicyclic) bond motifs is 1. The van der Waals surface area contributed by atoms with Crippen LogP contribution in [0.4, 0.5) is 5.82 Å². The van der Waals surface area contributed by atoms with Crippen LogP contribution in [0.3, 0.4) is 0 Å². The van der Waals surface area contributed by atoms with Crippen LogP contribution in [-0.2, 0) is 6.54 Å². The molecule has 1 fully saturated rings. The van der Waals surface area contributed by atoms with Gasteiger partial charge >= 0.3 is 0 Å². The average Bonchev–Trinajstić information content (AvgIpc) is 2.63. The zero-order valence-electron chi connectivity index (χ0n) is 12.7. The fourth-order valence-electron chi connectivity index (χ4n) is 3.45. The lowest BCUT2D eigenvalue weighted by Gasteiger charge is -2.38. The highest BCUT2D eigenvalue weighted by Gasteiger charge is 2.33. The molecule has 0 saturated heterocycles. The van der Waals surface area contributed by atoms with E-state index in [0.717, 1.165) is 55.8 Å². The molecule has 0 radical (unpaired) electrons. The largest absolute Gasteiger partial charge is 0.391 e. The van der Waals surface area contributed by atoms with Gasteiger partial charge in [0, 0.05) is 25.2 Å². The Balaban J connectivity index is 2.01. The molecule has 0 aromatic carbocycles. The number of hydrogen-bond donors (Lipinski definition) is 1. The number of halogens is 1. The van der Waals surface area contributed by atoms with Crippen molar-refractivity contribution in [3.8, 4) is 0 Å². The highest BCUT2D eigenvalue weighted by atomic mass is 35.5. The summed E-state index contributed by atoms with van der Waals surface area (Å²) in [6, 6.07) is 0.152. The quantitative estimate of drug-likeness (QED) is 0.860. The number of anilines is 1. The predicted molar refractivity (Wildman–Crippen MR) is 83.7 cm³/mol. The van der Waals surface area contributed by atoms with E-state index >= 15 is 0 Å². The number of likely N-dealkylation sites (N-methyl/N-ethyl adjacent to an activating group) is 1. The van der Waals surface area contributed by atoms with Gasteiger partial charge in [-0.2, -0.15) is 0 Å². The fourth-order valence-corrected chi connectivity index (χ4v) is 3.60. The van der Waals surface area contributed by atoms with E-state index in [0.29, 0.717) is 5.15 Å². The van der Waals surface area contributed by atoms with Crippen LogP contribution in [0.1, 0.15) is 36.8 Å². The molecule has 1 aliphatic heterocycles. The molecule has 3 rings (SSSR count). The molecule has 21 heavy (non-hydrogen) atoms. The SMILES string of the molecule is Cc1c(Cl)nnc2c1CN(C)CCN2[C@@H]1CCCC[C@H]1O. The first kappa shape index (κ1) is 15.0. The van der Waals surface area contributed by atoms with Gasteiger partial charge < -0.3 is 14.9 Å². The summed E-state index contributed by atoms with van der Waals surface area (Å²) in [7, 11) is 2.11. The van der Waals surface area contributed by atoms with Gasteiger partial charge in [-0.05, 0) is 32.4 Å². The summed E-state index contributed by atoms with van der Waals surface area (Å²) in [4.78, 5) is 4.54. The van der Waals surface area contributed by atoms with Crippen LogP contribution in [-0.4, -0.2) is 52.5 Å². The molecule has 0 amide bonds. The molecule has 1 aliphatic carbocycles. The van der Waals surface area contributed by atoms with Crippen LogP contribution in [0.5, 0.6) is 0 Å². The normalized spacial score (nSPS) is 27.3. The lowest BCUT2D eigenvalue weighted by atomic mass is 9.91. The molecule has 6 heteroatoms. The predicted octanol–water partition coefficient (Wildman–Crippen LogP) is 1.99. The Morgan fingerprint density at radius 1 is 1.19 bits per heavy atom. The number of aliphatic hydroxyl groups is 1. The Hall–Kier alpha value is -0.910. The second-order valence-corrected chi connectivity index (χ2v) is 6.63. The highest BCUT2D eigenvalue weighted by molar-refractivity contribution is 6.30. The van der Waals surface area contributed by atoms with Gasteiger partial charge in [-0.3, -0.25) is 0 Å². The standard InChI is InChI=1S/C15H23ClN4O/c1-10-11-9-19(2)7-8-20(15(11)18-17-14(10)16)12-5-3-4-6-13(12)21/h12-13,21H,3-9H2,1-2H3/t12-,13-/m1/s1. The van der Waals surface area contributed by atoms with Gasteiger partial charge in [0.05, 0.1) is 12.1 Å². The van der Waals surface area contributed by atoms with Crippen molar-refractivity contribution < 1.29 is 5.11 Å². The molecule has 0 spiro atoms. The highest BCUT2D eigenvalue weighted by Crippen LogP contribution is 2.33. The minimum absolute atomic E-state index is 0.152. The molecule has 5 nitrogen and oxygen atoms in total. The van der Waals surface area contributed by atoms with Crippen molar-refractivity contribution in [3.63, 3.8) is 0 Å². The van der Waals surface area contributed by atoms with Crippen LogP contribution in [0.25, 0.3) is 0 Å². The molecule has 1 N–H and O–H groups in total. The van der Waals surface area contributed by atoms with E-state index in [1.807, 2.05) is 6.92 Å². The molecular formula is C15H23ClN4O. The van der Waals surface area contributed by atoms with Gasteiger partial charge in [-0.25, -0.2) is 0 Å². The zero-order chi connectivity index (χ0) is 15.0. The summed E-state index contributed by atoms with van der Waals surface area (Å²) >= 11 is 6.15. The van der Waals surface area contributed by atoms with Crippen molar-refractivity contribution in [2.24, 2.45) is 0 Å². The number of aliphatic hydroxyl groups excluding tert-OH is 1. The number of hydrogen-bond acceptors (Lipinski definition) is 5. The third-order valence-corrected chi connectivity index (χ3v) is 5.14. The Morgan fingerprint density at radius 2 is 1.95 bits per heavy atom. The molecule has 116 valence electrons. The van der Waals surface area contributed by atoms with E-state index in [-0.39, 0.29) is 12.1 Å². The topological polar surface area (TPSA) is 52.5 Å². The van der Waals surface area contributed by atoms with Crippen molar-refractivity contribution >= 4 is 17.4 Å². The molecular weight excluding hydrogens is 288 g/mol. The lowest BCUT2D eigenvalue weighted by molar-refractivity contribution is 0.103. The monoisotopic (exact) mass is 310 g/mol. The first-order valence-corrected chi connectivity index (χ1v) is 8.10. The van der Waals surface area contributed by atoms with Crippen LogP contribution in [0, 0.1) is 6.92 Å². The average molecular weight is 311 g/mol. The third kappa shape index (κ3) is 2.87. The number of nitrogens with zero attached hydrogens (tertiary/aromatic N) is 4. The minimum atomic E-state index is -0.271. The summed E-state index contributed by atoms with van der Waals surface area (Å²) < 4.78 is 0. The number of rotatable bonds is 1. The molecule has 0 bridgehead atoms. The van der Waals surface area contributed by atoms with Crippen molar-refractivity contribution in [2.45, 2.75) is 51.3 Å².